The molecule has 0 spiro atoms. The number of pyridine rings is 1. The summed E-state index contributed by atoms with van der Waals surface area (Å²) in [4.78, 5) is 4.16. The molecule has 0 saturated heterocycles. The third-order valence-corrected chi connectivity index (χ3v) is 6.49. The maximum absolute atomic E-state index is 6.18. The molecule has 0 aliphatic carbocycles. The minimum Gasteiger partial charge on any atom is -0.373 e. The summed E-state index contributed by atoms with van der Waals surface area (Å²) in [6, 6.07) is 17.9. The van der Waals surface area contributed by atoms with Crippen molar-refractivity contribution in [3.8, 4) is 0 Å². The fraction of sp³-hybridized carbons (Fsp3) is 0.167. The molecular formula is C18H19NO3Si. The number of nitrogens with zero attached hydrogens (tertiary/aromatic N) is 1. The first-order chi connectivity index (χ1) is 11.3. The summed E-state index contributed by atoms with van der Waals surface area (Å²) in [5, 5.41) is 3.17. The van der Waals surface area contributed by atoms with Crippen molar-refractivity contribution >= 4 is 24.8 Å². The molecular weight excluding hydrogens is 306 g/mol. The first-order valence-corrected chi connectivity index (χ1v) is 9.13. The van der Waals surface area contributed by atoms with Crippen molar-refractivity contribution in [2.45, 2.75) is 6.61 Å². The highest BCUT2D eigenvalue weighted by atomic mass is 28.4. The van der Waals surface area contributed by atoms with Crippen molar-refractivity contribution in [1.29, 1.82) is 0 Å². The molecule has 0 radical (unpaired) electrons. The molecule has 3 aromatic rings. The van der Waals surface area contributed by atoms with Crippen LogP contribution in [0.3, 0.4) is 0 Å². The van der Waals surface area contributed by atoms with Crippen LogP contribution >= 0.6 is 0 Å². The third-order valence-electron chi connectivity index (χ3n) is 3.85. The van der Waals surface area contributed by atoms with Crippen molar-refractivity contribution in [1.82, 2.24) is 4.98 Å². The van der Waals surface area contributed by atoms with E-state index in [2.05, 4.69) is 11.1 Å². The van der Waals surface area contributed by atoms with E-state index in [0.29, 0.717) is 6.61 Å². The minimum atomic E-state index is -2.91. The van der Waals surface area contributed by atoms with Gasteiger partial charge in [0.2, 0.25) is 0 Å². The Balaban J connectivity index is 1.90. The minimum absolute atomic E-state index is 0.421. The predicted octanol–water partition coefficient (Wildman–Crippen LogP) is 2.89. The highest BCUT2D eigenvalue weighted by molar-refractivity contribution is 6.75. The summed E-state index contributed by atoms with van der Waals surface area (Å²) < 4.78 is 17.6. The number of hydrogen-bond acceptors (Lipinski definition) is 4. The lowest BCUT2D eigenvalue weighted by molar-refractivity contribution is 0.107. The van der Waals surface area contributed by atoms with E-state index >= 15 is 0 Å². The molecule has 0 N–H and O–H groups in total. The topological polar surface area (TPSA) is 40.6 Å². The van der Waals surface area contributed by atoms with Crippen molar-refractivity contribution in [2.75, 3.05) is 14.2 Å². The lowest BCUT2D eigenvalue weighted by atomic mass is 10.1. The van der Waals surface area contributed by atoms with E-state index in [1.54, 1.807) is 20.4 Å². The Morgan fingerprint density at radius 3 is 2.43 bits per heavy atom. The van der Waals surface area contributed by atoms with E-state index in [1.165, 1.54) is 0 Å². The number of rotatable bonds is 6. The first-order valence-electron chi connectivity index (χ1n) is 7.40. The smallest absolute Gasteiger partial charge is 0.373 e. The predicted molar refractivity (Wildman–Crippen MR) is 92.4 cm³/mol. The van der Waals surface area contributed by atoms with Gasteiger partial charge < -0.3 is 13.3 Å². The summed E-state index contributed by atoms with van der Waals surface area (Å²) in [5.41, 5.74) is 1.09. The molecule has 1 aromatic heterocycles. The molecule has 0 amide bonds. The van der Waals surface area contributed by atoms with Crippen LogP contribution in [-0.2, 0) is 19.9 Å². The van der Waals surface area contributed by atoms with Gasteiger partial charge in [-0.25, -0.2) is 0 Å². The van der Waals surface area contributed by atoms with Crippen LogP contribution in [0, 0.1) is 0 Å². The van der Waals surface area contributed by atoms with Crippen molar-refractivity contribution < 1.29 is 13.3 Å². The van der Waals surface area contributed by atoms with Crippen LogP contribution in [-0.4, -0.2) is 28.0 Å². The summed E-state index contributed by atoms with van der Waals surface area (Å²) >= 11 is 0. The molecule has 3 rings (SSSR count). The SMILES string of the molecule is CO[Si](OC)(OCc1cccc2cnccc12)c1ccccc1. The van der Waals surface area contributed by atoms with Gasteiger partial charge in [0.25, 0.3) is 0 Å². The van der Waals surface area contributed by atoms with Crippen molar-refractivity contribution in [2.24, 2.45) is 0 Å². The Hall–Kier alpha value is -2.05. The zero-order chi connectivity index (χ0) is 16.1. The largest absolute Gasteiger partial charge is 0.536 e. The van der Waals surface area contributed by atoms with Crippen LogP contribution in [0.5, 0.6) is 0 Å². The molecule has 5 heteroatoms. The molecule has 1 heterocycles. The van der Waals surface area contributed by atoms with Gasteiger partial charge >= 0.3 is 8.80 Å². The molecule has 0 fully saturated rings. The standard InChI is InChI=1S/C18H19NO3Si/c1-20-23(21-2,17-9-4-3-5-10-17)22-14-16-8-6-7-15-13-19-12-11-18(15)16/h3-13H,14H2,1-2H3. The molecule has 0 unspecified atom stereocenters. The molecule has 0 aliphatic heterocycles. The number of benzene rings is 2. The van der Waals surface area contributed by atoms with Gasteiger partial charge in [0.15, 0.2) is 0 Å². The second-order valence-electron chi connectivity index (χ2n) is 5.13. The second-order valence-corrected chi connectivity index (χ2v) is 7.93. The monoisotopic (exact) mass is 325 g/mol. The highest BCUT2D eigenvalue weighted by Gasteiger charge is 2.41. The summed E-state index contributed by atoms with van der Waals surface area (Å²) in [5.74, 6) is 0. The van der Waals surface area contributed by atoms with E-state index in [4.69, 9.17) is 13.3 Å². The fourth-order valence-electron chi connectivity index (χ4n) is 2.65. The Morgan fingerprint density at radius 2 is 1.70 bits per heavy atom. The Kier molecular flexibility index (Phi) is 4.83. The molecule has 0 bridgehead atoms. The van der Waals surface area contributed by atoms with Crippen LogP contribution in [0.2, 0.25) is 0 Å². The normalized spacial score (nSPS) is 11.7. The number of fused-ring (bicyclic) bond motifs is 1. The maximum Gasteiger partial charge on any atom is 0.536 e. The molecule has 0 saturated carbocycles. The third kappa shape index (κ3) is 3.18. The molecule has 2 aromatic carbocycles. The summed E-state index contributed by atoms with van der Waals surface area (Å²) in [7, 11) is 0.364. The van der Waals surface area contributed by atoms with Gasteiger partial charge in [0.05, 0.1) is 6.61 Å². The van der Waals surface area contributed by atoms with Gasteiger partial charge in [-0.05, 0) is 17.0 Å². The van der Waals surface area contributed by atoms with Gasteiger partial charge in [0, 0.05) is 37.2 Å². The molecule has 0 atom stereocenters. The van der Waals surface area contributed by atoms with Gasteiger partial charge in [0.1, 0.15) is 0 Å². The second kappa shape index (κ2) is 7.02. The van der Waals surface area contributed by atoms with Crippen molar-refractivity contribution in [3.05, 3.63) is 72.6 Å². The van der Waals surface area contributed by atoms with Crippen molar-refractivity contribution in [3.63, 3.8) is 0 Å². The van der Waals surface area contributed by atoms with Gasteiger partial charge in [-0.3, -0.25) is 4.98 Å². The van der Waals surface area contributed by atoms with Crippen LogP contribution in [0.4, 0.5) is 0 Å². The molecule has 118 valence electrons. The average molecular weight is 325 g/mol. The summed E-state index contributed by atoms with van der Waals surface area (Å²) in [6.07, 6.45) is 3.65. The van der Waals surface area contributed by atoms with E-state index in [0.717, 1.165) is 21.5 Å². The maximum atomic E-state index is 6.18. The average Bonchev–Trinajstić information content (AvgIpc) is 2.64. The van der Waals surface area contributed by atoms with Crippen LogP contribution in [0.1, 0.15) is 5.56 Å². The molecule has 4 nitrogen and oxygen atoms in total. The first kappa shape index (κ1) is 15.8. The van der Waals surface area contributed by atoms with Gasteiger partial charge in [-0.1, -0.05) is 48.5 Å². The molecule has 23 heavy (non-hydrogen) atoms. The van der Waals surface area contributed by atoms with E-state index < -0.39 is 8.80 Å². The lowest BCUT2D eigenvalue weighted by Crippen LogP contribution is -2.55. The molecule has 0 aliphatic rings. The zero-order valence-electron chi connectivity index (χ0n) is 13.2. The number of aromatic nitrogens is 1. The highest BCUT2D eigenvalue weighted by Crippen LogP contribution is 2.20. The lowest BCUT2D eigenvalue weighted by Gasteiger charge is -2.26. The Bertz CT molecular complexity index is 770. The van der Waals surface area contributed by atoms with E-state index in [1.807, 2.05) is 54.7 Å². The van der Waals surface area contributed by atoms with E-state index in [-0.39, 0.29) is 0 Å². The van der Waals surface area contributed by atoms with Gasteiger partial charge in [-0.15, -0.1) is 0 Å². The number of hydrogen-bond donors (Lipinski definition) is 0. The quantitative estimate of drug-likeness (QED) is 0.654. The fourth-order valence-corrected chi connectivity index (χ4v) is 4.64. The van der Waals surface area contributed by atoms with Crippen LogP contribution in [0.15, 0.2) is 67.0 Å². The Labute approximate surface area is 137 Å². The zero-order valence-corrected chi connectivity index (χ0v) is 14.2. The van der Waals surface area contributed by atoms with E-state index in [9.17, 15) is 0 Å². The Morgan fingerprint density at radius 1 is 0.913 bits per heavy atom. The van der Waals surface area contributed by atoms with Crippen LogP contribution < -0.4 is 5.19 Å². The van der Waals surface area contributed by atoms with Crippen LogP contribution in [0.25, 0.3) is 10.8 Å². The van der Waals surface area contributed by atoms with Gasteiger partial charge in [-0.2, -0.15) is 0 Å². The summed E-state index contributed by atoms with van der Waals surface area (Å²) in [6.45, 7) is 0.421.